The van der Waals surface area contributed by atoms with Gasteiger partial charge in [-0.15, -0.1) is 0 Å². The Hall–Kier alpha value is -1.88. The van der Waals surface area contributed by atoms with E-state index in [1.165, 1.54) is 0 Å². The fourth-order valence-corrected chi connectivity index (χ4v) is 2.52. The summed E-state index contributed by atoms with van der Waals surface area (Å²) in [5.74, 6) is 0.0471. The van der Waals surface area contributed by atoms with Crippen LogP contribution in [0, 0.1) is 0 Å². The highest BCUT2D eigenvalue weighted by molar-refractivity contribution is 5.94. The molecule has 20 heavy (non-hydrogen) atoms. The predicted octanol–water partition coefficient (Wildman–Crippen LogP) is 0.881. The molecular formula is C15H21N3O2. The molecule has 1 aromatic carbocycles. The summed E-state index contributed by atoms with van der Waals surface area (Å²) in [7, 11) is 3.47. The van der Waals surface area contributed by atoms with E-state index in [1.54, 1.807) is 32.0 Å². The van der Waals surface area contributed by atoms with Crippen LogP contribution in [-0.4, -0.2) is 55.3 Å². The molecular weight excluding hydrogens is 254 g/mol. The first-order chi connectivity index (χ1) is 9.50. The van der Waals surface area contributed by atoms with Crippen molar-refractivity contribution in [2.24, 2.45) is 0 Å². The molecule has 0 saturated carbocycles. The molecule has 0 aromatic heterocycles. The van der Waals surface area contributed by atoms with E-state index in [1.807, 2.05) is 23.1 Å². The highest BCUT2D eigenvalue weighted by atomic mass is 16.2. The van der Waals surface area contributed by atoms with Gasteiger partial charge in [-0.05, 0) is 17.7 Å². The maximum atomic E-state index is 12.0. The van der Waals surface area contributed by atoms with Gasteiger partial charge in [-0.1, -0.05) is 12.1 Å². The van der Waals surface area contributed by atoms with Crippen LogP contribution in [0.2, 0.25) is 0 Å². The molecule has 1 aromatic rings. The van der Waals surface area contributed by atoms with Crippen LogP contribution in [0.4, 0.5) is 0 Å². The molecule has 0 radical (unpaired) electrons. The molecule has 1 atom stereocenters. The van der Waals surface area contributed by atoms with E-state index in [2.05, 4.69) is 5.32 Å². The number of carbonyl (C=O) groups excluding carboxylic acids is 2. The summed E-state index contributed by atoms with van der Waals surface area (Å²) in [4.78, 5) is 27.2. The van der Waals surface area contributed by atoms with Crippen LogP contribution in [0.5, 0.6) is 0 Å². The van der Waals surface area contributed by atoms with E-state index in [9.17, 15) is 9.59 Å². The SMILES string of the molecule is CC(=O)N1CCNC[C@@H]1c1cccc(C(=O)N(C)C)c1. The van der Waals surface area contributed by atoms with Crippen LogP contribution in [-0.2, 0) is 4.79 Å². The molecule has 1 heterocycles. The minimum Gasteiger partial charge on any atom is -0.345 e. The van der Waals surface area contributed by atoms with Crippen molar-refractivity contribution in [2.45, 2.75) is 13.0 Å². The van der Waals surface area contributed by atoms with E-state index >= 15 is 0 Å². The van der Waals surface area contributed by atoms with Crippen LogP contribution in [0.1, 0.15) is 28.9 Å². The molecule has 2 amide bonds. The van der Waals surface area contributed by atoms with E-state index in [0.717, 1.165) is 18.7 Å². The van der Waals surface area contributed by atoms with Crippen LogP contribution in [0.3, 0.4) is 0 Å². The van der Waals surface area contributed by atoms with Crippen molar-refractivity contribution in [2.75, 3.05) is 33.7 Å². The minimum absolute atomic E-state index is 0.00355. The number of carbonyl (C=O) groups is 2. The summed E-state index contributed by atoms with van der Waals surface area (Å²) in [5, 5.41) is 3.30. The molecule has 1 aliphatic heterocycles. The first kappa shape index (κ1) is 14.5. The Morgan fingerprint density at radius 1 is 1.35 bits per heavy atom. The molecule has 5 nitrogen and oxygen atoms in total. The van der Waals surface area contributed by atoms with Gasteiger partial charge < -0.3 is 15.1 Å². The Morgan fingerprint density at radius 2 is 2.10 bits per heavy atom. The fraction of sp³-hybridized carbons (Fsp3) is 0.467. The molecule has 0 bridgehead atoms. The van der Waals surface area contributed by atoms with Crippen molar-refractivity contribution in [3.8, 4) is 0 Å². The zero-order valence-electron chi connectivity index (χ0n) is 12.2. The van der Waals surface area contributed by atoms with Crippen molar-refractivity contribution in [3.05, 3.63) is 35.4 Å². The molecule has 5 heteroatoms. The van der Waals surface area contributed by atoms with Gasteiger partial charge in [0.25, 0.3) is 5.91 Å². The Labute approximate surface area is 119 Å². The summed E-state index contributed by atoms with van der Waals surface area (Å²) < 4.78 is 0. The Kier molecular flexibility index (Phi) is 4.39. The van der Waals surface area contributed by atoms with E-state index in [-0.39, 0.29) is 17.9 Å². The average Bonchev–Trinajstić information content (AvgIpc) is 2.46. The smallest absolute Gasteiger partial charge is 0.253 e. The number of hydrogen-bond acceptors (Lipinski definition) is 3. The van der Waals surface area contributed by atoms with E-state index in [4.69, 9.17) is 0 Å². The lowest BCUT2D eigenvalue weighted by Gasteiger charge is -2.36. The van der Waals surface area contributed by atoms with Gasteiger partial charge in [0, 0.05) is 46.2 Å². The number of benzene rings is 1. The Bertz CT molecular complexity index is 514. The van der Waals surface area contributed by atoms with Crippen LogP contribution in [0.15, 0.2) is 24.3 Å². The van der Waals surface area contributed by atoms with Crippen molar-refractivity contribution < 1.29 is 9.59 Å². The molecule has 2 rings (SSSR count). The summed E-state index contributed by atoms with van der Waals surface area (Å²) in [6, 6.07) is 7.53. The number of piperazine rings is 1. The summed E-state index contributed by atoms with van der Waals surface area (Å²) >= 11 is 0. The maximum absolute atomic E-state index is 12.0. The third-order valence-corrected chi connectivity index (χ3v) is 3.57. The van der Waals surface area contributed by atoms with E-state index < -0.39 is 0 Å². The van der Waals surface area contributed by atoms with Gasteiger partial charge in [0.2, 0.25) is 5.91 Å². The highest BCUT2D eigenvalue weighted by Crippen LogP contribution is 2.23. The molecule has 1 aliphatic rings. The van der Waals surface area contributed by atoms with Gasteiger partial charge in [-0.2, -0.15) is 0 Å². The van der Waals surface area contributed by atoms with Gasteiger partial charge in [-0.25, -0.2) is 0 Å². The van der Waals surface area contributed by atoms with Crippen LogP contribution in [0.25, 0.3) is 0 Å². The second kappa shape index (κ2) is 6.05. The largest absolute Gasteiger partial charge is 0.345 e. The van der Waals surface area contributed by atoms with Crippen molar-refractivity contribution in [3.63, 3.8) is 0 Å². The van der Waals surface area contributed by atoms with Gasteiger partial charge in [0.15, 0.2) is 0 Å². The Morgan fingerprint density at radius 3 is 2.75 bits per heavy atom. The van der Waals surface area contributed by atoms with Gasteiger partial charge in [0.05, 0.1) is 6.04 Å². The standard InChI is InChI=1S/C15H21N3O2/c1-11(19)18-8-7-16-10-14(18)12-5-4-6-13(9-12)15(20)17(2)3/h4-6,9,14,16H,7-8,10H2,1-3H3/t14-/m1/s1. The molecule has 108 valence electrons. The summed E-state index contributed by atoms with van der Waals surface area (Å²) in [6.07, 6.45) is 0. The quantitative estimate of drug-likeness (QED) is 0.872. The first-order valence-corrected chi connectivity index (χ1v) is 6.80. The molecule has 1 fully saturated rings. The normalized spacial score (nSPS) is 18.8. The zero-order chi connectivity index (χ0) is 14.7. The molecule has 0 unspecified atom stereocenters. The number of nitrogens with zero attached hydrogens (tertiary/aromatic N) is 2. The van der Waals surface area contributed by atoms with Crippen molar-refractivity contribution in [1.29, 1.82) is 0 Å². The number of hydrogen-bond donors (Lipinski definition) is 1. The summed E-state index contributed by atoms with van der Waals surface area (Å²) in [6.45, 7) is 3.82. The Balaban J connectivity index is 2.29. The molecule has 0 aliphatic carbocycles. The lowest BCUT2D eigenvalue weighted by atomic mass is 10.0. The highest BCUT2D eigenvalue weighted by Gasteiger charge is 2.26. The number of nitrogens with one attached hydrogen (secondary N) is 1. The summed E-state index contributed by atoms with van der Waals surface area (Å²) in [5.41, 5.74) is 1.65. The number of amides is 2. The van der Waals surface area contributed by atoms with Gasteiger partial charge in [0.1, 0.15) is 0 Å². The molecule has 1 N–H and O–H groups in total. The van der Waals surface area contributed by atoms with Gasteiger partial charge in [-0.3, -0.25) is 9.59 Å². The second-order valence-corrected chi connectivity index (χ2v) is 5.26. The lowest BCUT2D eigenvalue weighted by Crippen LogP contribution is -2.47. The zero-order valence-corrected chi connectivity index (χ0v) is 12.2. The monoisotopic (exact) mass is 275 g/mol. The fourth-order valence-electron chi connectivity index (χ4n) is 2.52. The number of rotatable bonds is 2. The topological polar surface area (TPSA) is 52.7 Å². The molecule has 0 spiro atoms. The van der Waals surface area contributed by atoms with Crippen molar-refractivity contribution >= 4 is 11.8 Å². The first-order valence-electron chi connectivity index (χ1n) is 6.80. The van der Waals surface area contributed by atoms with Crippen LogP contribution < -0.4 is 5.32 Å². The second-order valence-electron chi connectivity index (χ2n) is 5.26. The van der Waals surface area contributed by atoms with Crippen LogP contribution >= 0.6 is 0 Å². The maximum Gasteiger partial charge on any atom is 0.253 e. The van der Waals surface area contributed by atoms with Gasteiger partial charge >= 0.3 is 0 Å². The van der Waals surface area contributed by atoms with E-state index in [0.29, 0.717) is 12.1 Å². The molecule has 1 saturated heterocycles. The lowest BCUT2D eigenvalue weighted by molar-refractivity contribution is -0.132. The third kappa shape index (κ3) is 2.99. The minimum atomic E-state index is -0.0232. The van der Waals surface area contributed by atoms with Crippen molar-refractivity contribution in [1.82, 2.24) is 15.1 Å². The predicted molar refractivity (Wildman–Crippen MR) is 77.5 cm³/mol. The third-order valence-electron chi connectivity index (χ3n) is 3.57. The average molecular weight is 275 g/mol.